The van der Waals surface area contributed by atoms with E-state index >= 15 is 0 Å². The number of halogens is 1. The molecule has 0 aliphatic carbocycles. The van der Waals surface area contributed by atoms with E-state index in [4.69, 9.17) is 21.1 Å². The van der Waals surface area contributed by atoms with Gasteiger partial charge in [-0.1, -0.05) is 17.7 Å². The lowest BCUT2D eigenvalue weighted by Gasteiger charge is -2.20. The Balaban J connectivity index is 2.84. The van der Waals surface area contributed by atoms with E-state index in [1.807, 2.05) is 18.2 Å². The molecule has 0 aliphatic rings. The highest BCUT2D eigenvalue weighted by molar-refractivity contribution is 6.70. The van der Waals surface area contributed by atoms with Gasteiger partial charge in [-0.25, -0.2) is 0 Å². The molecule has 1 N–H and O–H groups in total. The summed E-state index contributed by atoms with van der Waals surface area (Å²) >= 11 is 6.09. The number of rotatable bonds is 4. The van der Waals surface area contributed by atoms with Crippen LogP contribution >= 0.6 is 11.6 Å². The minimum absolute atomic E-state index is 0.143. The van der Waals surface area contributed by atoms with Crippen molar-refractivity contribution in [2.24, 2.45) is 0 Å². The lowest BCUT2D eigenvalue weighted by molar-refractivity contribution is 0.299. The van der Waals surface area contributed by atoms with Crippen molar-refractivity contribution in [2.45, 2.75) is 26.1 Å². The first-order chi connectivity index (χ1) is 6.92. The highest BCUT2D eigenvalue weighted by Gasteiger charge is 2.17. The summed E-state index contributed by atoms with van der Waals surface area (Å²) in [7, 11) is -1.60. The zero-order chi connectivity index (χ0) is 11.5. The van der Waals surface area contributed by atoms with Gasteiger partial charge in [0, 0.05) is 6.61 Å². The summed E-state index contributed by atoms with van der Waals surface area (Å²) in [5.74, 6) is 0.748. The van der Waals surface area contributed by atoms with Gasteiger partial charge in [-0.05, 0) is 43.8 Å². The Hall–Kier alpha value is -0.513. The van der Waals surface area contributed by atoms with E-state index in [0.717, 1.165) is 11.3 Å². The van der Waals surface area contributed by atoms with Crippen molar-refractivity contribution in [2.75, 3.05) is 6.61 Å². The molecule has 84 valence electrons. The summed E-state index contributed by atoms with van der Waals surface area (Å²) in [4.78, 5) is 0. The molecule has 4 heteroatoms. The fraction of sp³-hybridized carbons (Fsp3) is 0.455. The Morgan fingerprint density at radius 2 is 2.00 bits per heavy atom. The fourth-order valence-corrected chi connectivity index (χ4v) is 2.39. The average Bonchev–Trinajstić information content (AvgIpc) is 2.08. The van der Waals surface area contributed by atoms with Crippen LogP contribution in [0.5, 0.6) is 5.75 Å². The van der Waals surface area contributed by atoms with Crippen LogP contribution < -0.4 is 4.43 Å². The second-order valence-electron chi connectivity index (χ2n) is 4.45. The van der Waals surface area contributed by atoms with Gasteiger partial charge in [0.25, 0.3) is 0 Å². The monoisotopic (exact) mass is 244 g/mol. The third-order valence-corrected chi connectivity index (χ3v) is 2.94. The van der Waals surface area contributed by atoms with Gasteiger partial charge in [0.2, 0.25) is 8.32 Å². The molecule has 0 unspecified atom stereocenters. The average molecular weight is 245 g/mol. The van der Waals surface area contributed by atoms with Crippen LogP contribution in [0.1, 0.15) is 5.56 Å². The Morgan fingerprint density at radius 3 is 2.47 bits per heavy atom. The molecule has 15 heavy (non-hydrogen) atoms. The molecule has 1 rings (SSSR count). The standard InChI is InChI=1S/C11H17ClO2Si/c1-15(2,3)14-11-5-4-9(6-7-13)8-10(11)12/h4-5,8,13H,6-7H2,1-3H3. The predicted molar refractivity (Wildman–Crippen MR) is 66.2 cm³/mol. The Labute approximate surface area is 97.0 Å². The second-order valence-corrected chi connectivity index (χ2v) is 9.29. The molecule has 0 saturated carbocycles. The molecule has 0 aromatic heterocycles. The van der Waals surface area contributed by atoms with Crippen LogP contribution in [0.4, 0.5) is 0 Å². The summed E-state index contributed by atoms with van der Waals surface area (Å²) in [5.41, 5.74) is 1.03. The van der Waals surface area contributed by atoms with Gasteiger partial charge in [-0.3, -0.25) is 0 Å². The van der Waals surface area contributed by atoms with Crippen molar-refractivity contribution < 1.29 is 9.53 Å². The van der Waals surface area contributed by atoms with Gasteiger partial charge < -0.3 is 9.53 Å². The maximum atomic E-state index is 8.80. The zero-order valence-corrected chi connectivity index (χ0v) is 11.1. The van der Waals surface area contributed by atoms with Crippen LogP contribution in [0, 0.1) is 0 Å². The van der Waals surface area contributed by atoms with Crippen LogP contribution in [-0.4, -0.2) is 20.0 Å². The van der Waals surface area contributed by atoms with Gasteiger partial charge in [-0.2, -0.15) is 0 Å². The molecular formula is C11H17ClO2Si. The van der Waals surface area contributed by atoms with Gasteiger partial charge in [0.1, 0.15) is 5.75 Å². The second kappa shape index (κ2) is 5.01. The van der Waals surface area contributed by atoms with Crippen LogP contribution in [0.3, 0.4) is 0 Å². The fourth-order valence-electron chi connectivity index (χ4n) is 1.24. The van der Waals surface area contributed by atoms with Crippen molar-refractivity contribution in [1.82, 2.24) is 0 Å². The van der Waals surface area contributed by atoms with Crippen LogP contribution in [0.15, 0.2) is 18.2 Å². The highest BCUT2D eigenvalue weighted by atomic mass is 35.5. The number of hydrogen-bond donors (Lipinski definition) is 1. The smallest absolute Gasteiger partial charge is 0.242 e. The van der Waals surface area contributed by atoms with E-state index in [1.165, 1.54) is 0 Å². The van der Waals surface area contributed by atoms with Crippen LogP contribution in [-0.2, 0) is 6.42 Å². The van der Waals surface area contributed by atoms with E-state index in [9.17, 15) is 0 Å². The Morgan fingerprint density at radius 1 is 1.33 bits per heavy atom. The molecular weight excluding hydrogens is 228 g/mol. The summed E-state index contributed by atoms with van der Waals surface area (Å²) < 4.78 is 5.81. The highest BCUT2D eigenvalue weighted by Crippen LogP contribution is 2.27. The Kier molecular flexibility index (Phi) is 4.19. The topological polar surface area (TPSA) is 29.5 Å². The van der Waals surface area contributed by atoms with E-state index in [2.05, 4.69) is 19.6 Å². The van der Waals surface area contributed by atoms with Crippen molar-refractivity contribution >= 4 is 19.9 Å². The lowest BCUT2D eigenvalue weighted by Crippen LogP contribution is -2.29. The zero-order valence-electron chi connectivity index (χ0n) is 9.38. The first-order valence-corrected chi connectivity index (χ1v) is 8.79. The summed E-state index contributed by atoms with van der Waals surface area (Å²) in [6.45, 7) is 6.49. The van der Waals surface area contributed by atoms with Crippen molar-refractivity contribution in [1.29, 1.82) is 0 Å². The van der Waals surface area contributed by atoms with Crippen molar-refractivity contribution in [3.63, 3.8) is 0 Å². The predicted octanol–water partition coefficient (Wildman–Crippen LogP) is 3.09. The normalized spacial score (nSPS) is 11.5. The molecule has 0 aliphatic heterocycles. The number of aliphatic hydroxyl groups excluding tert-OH is 1. The molecule has 0 spiro atoms. The molecule has 0 amide bonds. The summed E-state index contributed by atoms with van der Waals surface area (Å²) in [5, 5.41) is 9.43. The number of aliphatic hydroxyl groups is 1. The summed E-state index contributed by atoms with van der Waals surface area (Å²) in [6.07, 6.45) is 0.632. The van der Waals surface area contributed by atoms with E-state index in [1.54, 1.807) is 0 Å². The molecule has 0 atom stereocenters. The SMILES string of the molecule is C[Si](C)(C)Oc1ccc(CCO)cc1Cl. The summed E-state index contributed by atoms with van der Waals surface area (Å²) in [6, 6.07) is 5.68. The first-order valence-electron chi connectivity index (χ1n) is 5.01. The molecule has 0 radical (unpaired) electrons. The third-order valence-electron chi connectivity index (χ3n) is 1.81. The van der Waals surface area contributed by atoms with Gasteiger partial charge in [0.15, 0.2) is 0 Å². The molecule has 1 aromatic carbocycles. The van der Waals surface area contributed by atoms with Crippen molar-refractivity contribution in [3.8, 4) is 5.75 Å². The lowest BCUT2D eigenvalue weighted by atomic mass is 10.1. The Bertz CT molecular complexity index is 334. The largest absolute Gasteiger partial charge is 0.543 e. The van der Waals surface area contributed by atoms with Gasteiger partial charge in [0.05, 0.1) is 5.02 Å². The minimum Gasteiger partial charge on any atom is -0.543 e. The van der Waals surface area contributed by atoms with Crippen molar-refractivity contribution in [3.05, 3.63) is 28.8 Å². The molecule has 0 saturated heterocycles. The van der Waals surface area contributed by atoms with Gasteiger partial charge in [-0.15, -0.1) is 0 Å². The quantitative estimate of drug-likeness (QED) is 0.825. The molecule has 1 aromatic rings. The van der Waals surface area contributed by atoms with Crippen LogP contribution in [0.25, 0.3) is 0 Å². The maximum Gasteiger partial charge on any atom is 0.242 e. The molecule has 0 bridgehead atoms. The van der Waals surface area contributed by atoms with E-state index in [0.29, 0.717) is 11.4 Å². The molecule has 2 nitrogen and oxygen atoms in total. The first kappa shape index (κ1) is 12.6. The minimum atomic E-state index is -1.60. The third kappa shape index (κ3) is 4.24. The number of hydrogen-bond acceptors (Lipinski definition) is 2. The van der Waals surface area contributed by atoms with Crippen LogP contribution in [0.2, 0.25) is 24.7 Å². The maximum absolute atomic E-state index is 8.80. The molecule has 0 fully saturated rings. The van der Waals surface area contributed by atoms with E-state index in [-0.39, 0.29) is 6.61 Å². The number of benzene rings is 1. The van der Waals surface area contributed by atoms with E-state index < -0.39 is 8.32 Å². The van der Waals surface area contributed by atoms with Gasteiger partial charge >= 0.3 is 0 Å². The molecule has 0 heterocycles.